The molecule has 1 aromatic rings. The van der Waals surface area contributed by atoms with Gasteiger partial charge in [-0.3, -0.25) is 0 Å². The summed E-state index contributed by atoms with van der Waals surface area (Å²) in [6.07, 6.45) is 0. The molecule has 0 aromatic heterocycles. The summed E-state index contributed by atoms with van der Waals surface area (Å²) >= 11 is 0. The quantitative estimate of drug-likeness (QED) is 0.762. The van der Waals surface area contributed by atoms with Gasteiger partial charge in [-0.25, -0.2) is 0 Å². The monoisotopic (exact) mass is 181 g/mol. The third kappa shape index (κ3) is 2.44. The molecule has 0 heterocycles. The van der Waals surface area contributed by atoms with Crippen molar-refractivity contribution in [3.63, 3.8) is 0 Å². The van der Waals surface area contributed by atoms with Crippen molar-refractivity contribution >= 4 is 0 Å². The lowest BCUT2D eigenvalue weighted by atomic mass is 10.1. The SMILES string of the molecule is COC[C@@H](N)c1ccccc1OC. The molecule has 0 aliphatic rings. The minimum absolute atomic E-state index is 0.124. The van der Waals surface area contributed by atoms with Crippen LogP contribution in [0, 0.1) is 0 Å². The van der Waals surface area contributed by atoms with Crippen LogP contribution in [-0.4, -0.2) is 20.8 Å². The molecule has 13 heavy (non-hydrogen) atoms. The molecule has 0 amide bonds. The highest BCUT2D eigenvalue weighted by Crippen LogP contribution is 2.22. The minimum atomic E-state index is -0.124. The third-order valence-electron chi connectivity index (χ3n) is 1.88. The molecule has 1 aromatic carbocycles. The third-order valence-corrected chi connectivity index (χ3v) is 1.88. The van der Waals surface area contributed by atoms with E-state index in [1.807, 2.05) is 24.3 Å². The number of ether oxygens (including phenoxy) is 2. The van der Waals surface area contributed by atoms with Crippen LogP contribution in [0.5, 0.6) is 5.75 Å². The first-order chi connectivity index (χ1) is 6.29. The molecule has 0 aliphatic carbocycles. The van der Waals surface area contributed by atoms with Crippen LogP contribution in [0.4, 0.5) is 0 Å². The number of hydrogen-bond donors (Lipinski definition) is 1. The second-order valence-electron chi connectivity index (χ2n) is 2.80. The fraction of sp³-hybridized carbons (Fsp3) is 0.400. The van der Waals surface area contributed by atoms with E-state index in [2.05, 4.69) is 0 Å². The smallest absolute Gasteiger partial charge is 0.123 e. The molecule has 0 spiro atoms. The van der Waals surface area contributed by atoms with Crippen LogP contribution >= 0.6 is 0 Å². The first-order valence-corrected chi connectivity index (χ1v) is 4.17. The Morgan fingerprint density at radius 1 is 1.31 bits per heavy atom. The van der Waals surface area contributed by atoms with Gasteiger partial charge in [0.2, 0.25) is 0 Å². The molecule has 0 radical (unpaired) electrons. The fourth-order valence-electron chi connectivity index (χ4n) is 1.24. The van der Waals surface area contributed by atoms with E-state index in [-0.39, 0.29) is 6.04 Å². The molecule has 72 valence electrons. The van der Waals surface area contributed by atoms with Gasteiger partial charge in [0, 0.05) is 12.7 Å². The van der Waals surface area contributed by atoms with Crippen molar-refractivity contribution in [1.29, 1.82) is 0 Å². The van der Waals surface area contributed by atoms with Crippen molar-refractivity contribution in [1.82, 2.24) is 0 Å². The molecule has 0 saturated carbocycles. The lowest BCUT2D eigenvalue weighted by Gasteiger charge is -2.14. The molecule has 2 N–H and O–H groups in total. The zero-order chi connectivity index (χ0) is 9.68. The van der Waals surface area contributed by atoms with Crippen LogP contribution in [0.15, 0.2) is 24.3 Å². The Morgan fingerprint density at radius 2 is 2.00 bits per heavy atom. The minimum Gasteiger partial charge on any atom is -0.496 e. The van der Waals surface area contributed by atoms with Crippen molar-refractivity contribution in [2.45, 2.75) is 6.04 Å². The van der Waals surface area contributed by atoms with E-state index >= 15 is 0 Å². The molecule has 0 saturated heterocycles. The van der Waals surface area contributed by atoms with Crippen LogP contribution in [0.1, 0.15) is 11.6 Å². The van der Waals surface area contributed by atoms with Gasteiger partial charge in [-0.2, -0.15) is 0 Å². The average Bonchev–Trinajstić information content (AvgIpc) is 2.18. The number of methoxy groups -OCH3 is 2. The van der Waals surface area contributed by atoms with Crippen LogP contribution in [0.3, 0.4) is 0 Å². The van der Waals surface area contributed by atoms with Crippen molar-refractivity contribution in [2.24, 2.45) is 5.73 Å². The summed E-state index contributed by atoms with van der Waals surface area (Å²) in [6.45, 7) is 0.500. The van der Waals surface area contributed by atoms with Crippen molar-refractivity contribution in [3.8, 4) is 5.75 Å². The number of para-hydroxylation sites is 1. The van der Waals surface area contributed by atoms with E-state index in [0.717, 1.165) is 11.3 Å². The highest BCUT2D eigenvalue weighted by atomic mass is 16.5. The molecule has 0 aliphatic heterocycles. The molecule has 3 heteroatoms. The second-order valence-corrected chi connectivity index (χ2v) is 2.80. The Hall–Kier alpha value is -1.06. The van der Waals surface area contributed by atoms with Gasteiger partial charge in [0.15, 0.2) is 0 Å². The predicted molar refractivity (Wildman–Crippen MR) is 51.8 cm³/mol. The Bertz CT molecular complexity index is 263. The average molecular weight is 181 g/mol. The normalized spacial score (nSPS) is 12.5. The molecular weight excluding hydrogens is 166 g/mol. The van der Waals surface area contributed by atoms with E-state index in [4.69, 9.17) is 15.2 Å². The fourth-order valence-corrected chi connectivity index (χ4v) is 1.24. The van der Waals surface area contributed by atoms with E-state index in [9.17, 15) is 0 Å². The molecule has 0 unspecified atom stereocenters. The van der Waals surface area contributed by atoms with Gasteiger partial charge in [0.1, 0.15) is 5.75 Å². The van der Waals surface area contributed by atoms with E-state index in [0.29, 0.717) is 6.61 Å². The van der Waals surface area contributed by atoms with E-state index in [1.165, 1.54) is 0 Å². The number of nitrogens with two attached hydrogens (primary N) is 1. The second kappa shape index (κ2) is 4.84. The Balaban J connectivity index is 2.85. The van der Waals surface area contributed by atoms with Crippen molar-refractivity contribution in [2.75, 3.05) is 20.8 Å². The maximum absolute atomic E-state index is 5.88. The van der Waals surface area contributed by atoms with Gasteiger partial charge in [-0.15, -0.1) is 0 Å². The molecule has 3 nitrogen and oxygen atoms in total. The van der Waals surface area contributed by atoms with Gasteiger partial charge in [-0.05, 0) is 6.07 Å². The maximum atomic E-state index is 5.88. The predicted octanol–water partition coefficient (Wildman–Crippen LogP) is 1.34. The maximum Gasteiger partial charge on any atom is 0.123 e. The van der Waals surface area contributed by atoms with Gasteiger partial charge >= 0.3 is 0 Å². The summed E-state index contributed by atoms with van der Waals surface area (Å²) in [6, 6.07) is 7.57. The molecule has 1 rings (SSSR count). The lowest BCUT2D eigenvalue weighted by Crippen LogP contribution is -2.16. The summed E-state index contributed by atoms with van der Waals surface area (Å²) in [4.78, 5) is 0. The summed E-state index contributed by atoms with van der Waals surface area (Å²) in [5.41, 5.74) is 6.86. The lowest BCUT2D eigenvalue weighted by molar-refractivity contribution is 0.179. The van der Waals surface area contributed by atoms with Crippen molar-refractivity contribution in [3.05, 3.63) is 29.8 Å². The highest BCUT2D eigenvalue weighted by Gasteiger charge is 2.09. The number of hydrogen-bond acceptors (Lipinski definition) is 3. The summed E-state index contributed by atoms with van der Waals surface area (Å²) in [5, 5.41) is 0. The van der Waals surface area contributed by atoms with Gasteiger partial charge < -0.3 is 15.2 Å². The van der Waals surface area contributed by atoms with Crippen LogP contribution in [-0.2, 0) is 4.74 Å². The van der Waals surface area contributed by atoms with Gasteiger partial charge in [-0.1, -0.05) is 18.2 Å². The first-order valence-electron chi connectivity index (χ1n) is 4.17. The zero-order valence-electron chi connectivity index (χ0n) is 7.99. The molecule has 0 fully saturated rings. The summed E-state index contributed by atoms with van der Waals surface area (Å²) in [7, 11) is 3.27. The highest BCUT2D eigenvalue weighted by molar-refractivity contribution is 5.35. The number of rotatable bonds is 4. The molecule has 0 bridgehead atoms. The van der Waals surface area contributed by atoms with Crippen molar-refractivity contribution < 1.29 is 9.47 Å². The zero-order valence-corrected chi connectivity index (χ0v) is 7.99. The summed E-state index contributed by atoms with van der Waals surface area (Å²) < 4.78 is 10.2. The largest absolute Gasteiger partial charge is 0.496 e. The summed E-state index contributed by atoms with van der Waals surface area (Å²) in [5.74, 6) is 0.812. The van der Waals surface area contributed by atoms with E-state index in [1.54, 1.807) is 14.2 Å². The number of benzene rings is 1. The first kappa shape index (κ1) is 10.0. The standard InChI is InChI=1S/C10H15NO2/c1-12-7-9(11)8-5-3-4-6-10(8)13-2/h3-6,9H,7,11H2,1-2H3/t9-/m1/s1. The van der Waals surface area contributed by atoms with Gasteiger partial charge in [0.05, 0.1) is 19.8 Å². The Labute approximate surface area is 78.5 Å². The molecular formula is C10H15NO2. The van der Waals surface area contributed by atoms with E-state index < -0.39 is 0 Å². The topological polar surface area (TPSA) is 44.5 Å². The van der Waals surface area contributed by atoms with Crippen LogP contribution < -0.4 is 10.5 Å². The van der Waals surface area contributed by atoms with Gasteiger partial charge in [0.25, 0.3) is 0 Å². The van der Waals surface area contributed by atoms with Crippen LogP contribution in [0.25, 0.3) is 0 Å². The van der Waals surface area contributed by atoms with Crippen LogP contribution in [0.2, 0.25) is 0 Å². The molecule has 1 atom stereocenters. The Kier molecular flexibility index (Phi) is 3.73. The Morgan fingerprint density at radius 3 is 2.62 bits per heavy atom.